The van der Waals surface area contributed by atoms with E-state index in [0.717, 1.165) is 19.5 Å². The molecule has 1 saturated heterocycles. The van der Waals surface area contributed by atoms with Crippen LogP contribution in [0.15, 0.2) is 30.3 Å². The summed E-state index contributed by atoms with van der Waals surface area (Å²) in [5, 5.41) is 6.75. The molecule has 3 heteroatoms. The summed E-state index contributed by atoms with van der Waals surface area (Å²) in [7, 11) is 0. The summed E-state index contributed by atoms with van der Waals surface area (Å²) in [5.74, 6) is 2.14. The molecule has 1 aromatic rings. The van der Waals surface area contributed by atoms with Gasteiger partial charge in [-0.2, -0.15) is 0 Å². The van der Waals surface area contributed by atoms with Crippen LogP contribution in [0.3, 0.4) is 0 Å². The Bertz CT molecular complexity index is 492. The lowest BCUT2D eigenvalue weighted by Crippen LogP contribution is -2.40. The van der Waals surface area contributed by atoms with Gasteiger partial charge in [0.1, 0.15) is 0 Å². The first-order chi connectivity index (χ1) is 11.2. The Balaban J connectivity index is 1.50. The largest absolute Gasteiger partial charge is 0.353 e. The van der Waals surface area contributed by atoms with E-state index < -0.39 is 0 Å². The van der Waals surface area contributed by atoms with Crippen molar-refractivity contribution in [1.82, 2.24) is 10.6 Å². The highest BCUT2D eigenvalue weighted by molar-refractivity contribution is 5.76. The molecule has 2 fully saturated rings. The number of amides is 1. The quantitative estimate of drug-likeness (QED) is 0.812. The first-order valence-corrected chi connectivity index (χ1v) is 9.26. The molecule has 1 saturated carbocycles. The third-order valence-electron chi connectivity index (χ3n) is 5.53. The van der Waals surface area contributed by atoms with E-state index in [1.807, 2.05) is 0 Å². The van der Waals surface area contributed by atoms with Gasteiger partial charge in [-0.25, -0.2) is 0 Å². The standard InChI is InChI=1S/C20H30N2O/c1-15(17-9-11-21-12-10-17)13-20(23)22-19(18-7-8-18)14-16-5-3-2-4-6-16/h2-6,15,17-19,21H,7-14H2,1H3,(H,22,23). The van der Waals surface area contributed by atoms with Crippen molar-refractivity contribution in [3.05, 3.63) is 35.9 Å². The van der Waals surface area contributed by atoms with E-state index >= 15 is 0 Å². The maximum absolute atomic E-state index is 12.5. The second-order valence-corrected chi connectivity index (χ2v) is 7.47. The van der Waals surface area contributed by atoms with Crippen molar-refractivity contribution in [2.45, 2.75) is 51.5 Å². The van der Waals surface area contributed by atoms with Crippen molar-refractivity contribution in [3.8, 4) is 0 Å². The Morgan fingerprint density at radius 1 is 1.13 bits per heavy atom. The molecule has 1 amide bonds. The second kappa shape index (κ2) is 7.96. The average molecular weight is 314 g/mol. The lowest BCUT2D eigenvalue weighted by molar-refractivity contribution is -0.123. The van der Waals surface area contributed by atoms with Crippen LogP contribution in [0.4, 0.5) is 0 Å². The molecule has 2 atom stereocenters. The third-order valence-corrected chi connectivity index (χ3v) is 5.53. The zero-order valence-corrected chi connectivity index (χ0v) is 14.3. The Morgan fingerprint density at radius 2 is 1.83 bits per heavy atom. The van der Waals surface area contributed by atoms with Crippen LogP contribution in [0.2, 0.25) is 0 Å². The Morgan fingerprint density at radius 3 is 2.48 bits per heavy atom. The normalized spacial score (nSPS) is 21.6. The van der Waals surface area contributed by atoms with E-state index in [9.17, 15) is 4.79 Å². The SMILES string of the molecule is CC(CC(=O)NC(Cc1ccccc1)C1CC1)C1CCNCC1. The minimum absolute atomic E-state index is 0.254. The maximum atomic E-state index is 12.5. The van der Waals surface area contributed by atoms with Gasteiger partial charge in [-0.15, -0.1) is 0 Å². The van der Waals surface area contributed by atoms with Crippen molar-refractivity contribution in [3.63, 3.8) is 0 Å². The van der Waals surface area contributed by atoms with Crippen LogP contribution in [0.1, 0.15) is 44.6 Å². The number of piperidine rings is 1. The molecular formula is C20H30N2O. The van der Waals surface area contributed by atoms with Gasteiger partial charge in [0.05, 0.1) is 0 Å². The van der Waals surface area contributed by atoms with Crippen LogP contribution in [-0.2, 0) is 11.2 Å². The molecule has 126 valence electrons. The topological polar surface area (TPSA) is 41.1 Å². The van der Waals surface area contributed by atoms with Gasteiger partial charge in [0, 0.05) is 12.5 Å². The fourth-order valence-electron chi connectivity index (χ4n) is 3.84. The van der Waals surface area contributed by atoms with Crippen molar-refractivity contribution in [2.24, 2.45) is 17.8 Å². The molecule has 1 aliphatic carbocycles. The number of hydrogen-bond donors (Lipinski definition) is 2. The van der Waals surface area contributed by atoms with Crippen LogP contribution >= 0.6 is 0 Å². The van der Waals surface area contributed by atoms with Gasteiger partial charge in [-0.1, -0.05) is 37.3 Å². The molecule has 0 radical (unpaired) electrons. The number of hydrogen-bond acceptors (Lipinski definition) is 2. The minimum Gasteiger partial charge on any atom is -0.353 e. The molecular weight excluding hydrogens is 284 g/mol. The van der Waals surface area contributed by atoms with Crippen LogP contribution in [0.5, 0.6) is 0 Å². The maximum Gasteiger partial charge on any atom is 0.220 e. The number of rotatable bonds is 7. The first kappa shape index (κ1) is 16.5. The van der Waals surface area contributed by atoms with Gasteiger partial charge in [0.25, 0.3) is 0 Å². The van der Waals surface area contributed by atoms with E-state index in [0.29, 0.717) is 30.2 Å². The number of carbonyl (C=O) groups excluding carboxylic acids is 1. The zero-order chi connectivity index (χ0) is 16.1. The molecule has 1 aromatic carbocycles. The summed E-state index contributed by atoms with van der Waals surface area (Å²) < 4.78 is 0. The molecule has 0 bridgehead atoms. The summed E-state index contributed by atoms with van der Waals surface area (Å²) in [4.78, 5) is 12.5. The van der Waals surface area contributed by atoms with Gasteiger partial charge in [-0.3, -0.25) is 4.79 Å². The third kappa shape index (κ3) is 5.07. The average Bonchev–Trinajstić information content (AvgIpc) is 3.41. The minimum atomic E-state index is 0.254. The molecule has 1 aliphatic heterocycles. The highest BCUT2D eigenvalue weighted by atomic mass is 16.1. The van der Waals surface area contributed by atoms with E-state index in [1.165, 1.54) is 31.2 Å². The molecule has 1 heterocycles. The second-order valence-electron chi connectivity index (χ2n) is 7.47. The van der Waals surface area contributed by atoms with Gasteiger partial charge in [-0.05, 0) is 68.5 Å². The molecule has 23 heavy (non-hydrogen) atoms. The summed E-state index contributed by atoms with van der Waals surface area (Å²) in [6, 6.07) is 10.9. The van der Waals surface area contributed by atoms with Crippen LogP contribution in [0, 0.1) is 17.8 Å². The predicted octanol–water partition coefficient (Wildman–Crippen LogP) is 3.15. The Kier molecular flexibility index (Phi) is 5.71. The van der Waals surface area contributed by atoms with E-state index in [1.54, 1.807) is 0 Å². The van der Waals surface area contributed by atoms with Gasteiger partial charge in [0.15, 0.2) is 0 Å². The molecule has 0 spiro atoms. The lowest BCUT2D eigenvalue weighted by Gasteiger charge is -2.28. The van der Waals surface area contributed by atoms with Crippen molar-refractivity contribution in [2.75, 3.05) is 13.1 Å². The van der Waals surface area contributed by atoms with E-state index in [4.69, 9.17) is 0 Å². The number of benzene rings is 1. The molecule has 0 aromatic heterocycles. The predicted molar refractivity (Wildman–Crippen MR) is 94.2 cm³/mol. The summed E-state index contributed by atoms with van der Waals surface area (Å²) in [6.45, 7) is 4.46. The van der Waals surface area contributed by atoms with E-state index in [2.05, 4.69) is 47.9 Å². The fraction of sp³-hybridized carbons (Fsp3) is 0.650. The Hall–Kier alpha value is -1.35. The van der Waals surface area contributed by atoms with Crippen molar-refractivity contribution >= 4 is 5.91 Å². The smallest absolute Gasteiger partial charge is 0.220 e. The summed E-state index contributed by atoms with van der Waals surface area (Å²) in [5.41, 5.74) is 1.33. The monoisotopic (exact) mass is 314 g/mol. The highest BCUT2D eigenvalue weighted by Gasteiger charge is 2.32. The van der Waals surface area contributed by atoms with Crippen molar-refractivity contribution in [1.29, 1.82) is 0 Å². The summed E-state index contributed by atoms with van der Waals surface area (Å²) in [6.07, 6.45) is 6.61. The number of nitrogens with one attached hydrogen (secondary N) is 2. The summed E-state index contributed by atoms with van der Waals surface area (Å²) >= 11 is 0. The highest BCUT2D eigenvalue weighted by Crippen LogP contribution is 2.34. The lowest BCUT2D eigenvalue weighted by atomic mass is 9.84. The van der Waals surface area contributed by atoms with Crippen LogP contribution in [0.25, 0.3) is 0 Å². The Labute approximate surface area is 140 Å². The van der Waals surface area contributed by atoms with Gasteiger partial charge in [0.2, 0.25) is 5.91 Å². The van der Waals surface area contributed by atoms with Crippen LogP contribution in [-0.4, -0.2) is 25.0 Å². The van der Waals surface area contributed by atoms with Crippen molar-refractivity contribution < 1.29 is 4.79 Å². The van der Waals surface area contributed by atoms with E-state index in [-0.39, 0.29) is 5.91 Å². The molecule has 2 unspecified atom stereocenters. The zero-order valence-electron chi connectivity index (χ0n) is 14.3. The number of carbonyl (C=O) groups is 1. The first-order valence-electron chi connectivity index (χ1n) is 9.26. The molecule has 2 aliphatic rings. The van der Waals surface area contributed by atoms with Crippen LogP contribution < -0.4 is 10.6 Å². The molecule has 3 nitrogen and oxygen atoms in total. The fourth-order valence-corrected chi connectivity index (χ4v) is 3.84. The van der Waals surface area contributed by atoms with Gasteiger partial charge < -0.3 is 10.6 Å². The van der Waals surface area contributed by atoms with Gasteiger partial charge >= 0.3 is 0 Å². The molecule has 3 rings (SSSR count). The molecule has 2 N–H and O–H groups in total.